The van der Waals surface area contributed by atoms with Crippen molar-refractivity contribution in [3.05, 3.63) is 57.9 Å². The molecule has 0 spiro atoms. The van der Waals surface area contributed by atoms with Crippen LogP contribution in [0.25, 0.3) is 11.3 Å². The number of ether oxygens (including phenoxy) is 1. The zero-order chi connectivity index (χ0) is 21.3. The Kier molecular flexibility index (Phi) is 5.87. The van der Waals surface area contributed by atoms with Crippen LogP contribution in [0.15, 0.2) is 52.3 Å². The van der Waals surface area contributed by atoms with Crippen LogP contribution in [0.3, 0.4) is 0 Å². The first-order valence-electron chi connectivity index (χ1n) is 9.42. The molecule has 6 nitrogen and oxygen atoms in total. The van der Waals surface area contributed by atoms with Gasteiger partial charge in [0.2, 0.25) is 11.8 Å². The molecule has 1 aromatic heterocycles. The minimum atomic E-state index is -0.442. The molecular formula is C22H20BrN3O3S. The lowest BCUT2D eigenvalue weighted by molar-refractivity contribution is -0.122. The Bertz CT molecular complexity index is 1100. The van der Waals surface area contributed by atoms with Crippen LogP contribution in [0.4, 0.5) is 10.8 Å². The summed E-state index contributed by atoms with van der Waals surface area (Å²) in [5, 5.41) is 5.30. The molecule has 3 aromatic rings. The van der Waals surface area contributed by atoms with E-state index in [1.165, 1.54) is 11.3 Å². The molecule has 4 rings (SSSR count). The summed E-state index contributed by atoms with van der Waals surface area (Å²) in [7, 11) is 1.57. The predicted molar refractivity (Wildman–Crippen MR) is 122 cm³/mol. The van der Waals surface area contributed by atoms with Gasteiger partial charge in [0.25, 0.3) is 0 Å². The molecule has 2 heterocycles. The molecule has 1 aliphatic heterocycles. The van der Waals surface area contributed by atoms with Crippen LogP contribution >= 0.6 is 27.3 Å². The van der Waals surface area contributed by atoms with Crippen molar-refractivity contribution < 1.29 is 14.3 Å². The number of aromatic nitrogens is 1. The number of aryl methyl sites for hydroxylation is 1. The third kappa shape index (κ3) is 4.24. The fourth-order valence-electron chi connectivity index (χ4n) is 3.42. The molecule has 1 aliphatic rings. The Hall–Kier alpha value is -2.71. The van der Waals surface area contributed by atoms with E-state index < -0.39 is 5.92 Å². The summed E-state index contributed by atoms with van der Waals surface area (Å²) in [5.41, 5.74) is 3.50. The van der Waals surface area contributed by atoms with Crippen molar-refractivity contribution in [1.29, 1.82) is 0 Å². The Morgan fingerprint density at radius 2 is 2.03 bits per heavy atom. The molecule has 1 N–H and O–H groups in total. The Morgan fingerprint density at radius 1 is 1.27 bits per heavy atom. The Balaban J connectivity index is 1.46. The zero-order valence-corrected chi connectivity index (χ0v) is 18.9. The van der Waals surface area contributed by atoms with E-state index in [1.807, 2.05) is 54.8 Å². The van der Waals surface area contributed by atoms with Gasteiger partial charge in [0, 0.05) is 28.4 Å². The van der Waals surface area contributed by atoms with E-state index in [1.54, 1.807) is 12.0 Å². The standard InChI is InChI=1S/C22H20BrN3O3S/c1-13-3-8-19(29-2)18(9-13)26-11-15(10-20(26)27)21(28)25-22-24-17(12-30-22)14-4-6-16(23)7-5-14/h3-9,12,15H,10-11H2,1-2H3,(H,24,25,28). The van der Waals surface area contributed by atoms with E-state index in [2.05, 4.69) is 26.2 Å². The lowest BCUT2D eigenvalue weighted by Gasteiger charge is -2.20. The number of amides is 2. The monoisotopic (exact) mass is 485 g/mol. The Morgan fingerprint density at radius 3 is 2.77 bits per heavy atom. The maximum Gasteiger partial charge on any atom is 0.231 e. The lowest BCUT2D eigenvalue weighted by Crippen LogP contribution is -2.28. The van der Waals surface area contributed by atoms with Crippen molar-refractivity contribution in [3.63, 3.8) is 0 Å². The number of hydrogen-bond acceptors (Lipinski definition) is 5. The average molecular weight is 486 g/mol. The number of anilines is 2. The third-order valence-electron chi connectivity index (χ3n) is 5.00. The first-order chi connectivity index (χ1) is 14.4. The summed E-state index contributed by atoms with van der Waals surface area (Å²) in [5.74, 6) is -0.111. The molecule has 1 fully saturated rings. The van der Waals surface area contributed by atoms with Gasteiger partial charge in [0.1, 0.15) is 5.75 Å². The van der Waals surface area contributed by atoms with Crippen LogP contribution < -0.4 is 15.0 Å². The SMILES string of the molecule is COc1ccc(C)cc1N1CC(C(=O)Nc2nc(-c3ccc(Br)cc3)cs2)CC1=O. The van der Waals surface area contributed by atoms with Gasteiger partial charge in [-0.3, -0.25) is 9.59 Å². The van der Waals surface area contributed by atoms with Gasteiger partial charge in [0.05, 0.1) is 24.4 Å². The van der Waals surface area contributed by atoms with Crippen molar-refractivity contribution in [1.82, 2.24) is 4.98 Å². The van der Waals surface area contributed by atoms with E-state index in [0.29, 0.717) is 23.1 Å². The van der Waals surface area contributed by atoms with E-state index in [-0.39, 0.29) is 18.2 Å². The van der Waals surface area contributed by atoms with Crippen LogP contribution in [-0.4, -0.2) is 30.5 Å². The van der Waals surface area contributed by atoms with Gasteiger partial charge in [0.15, 0.2) is 5.13 Å². The second-order valence-electron chi connectivity index (χ2n) is 7.11. The number of rotatable bonds is 5. The summed E-state index contributed by atoms with van der Waals surface area (Å²) in [6.45, 7) is 2.27. The van der Waals surface area contributed by atoms with Crippen LogP contribution in [0, 0.1) is 12.8 Å². The molecular weight excluding hydrogens is 466 g/mol. The highest BCUT2D eigenvalue weighted by Gasteiger charge is 2.36. The van der Waals surface area contributed by atoms with Crippen LogP contribution in [0.2, 0.25) is 0 Å². The maximum atomic E-state index is 12.8. The predicted octanol–water partition coefficient (Wildman–Crippen LogP) is 4.88. The van der Waals surface area contributed by atoms with Crippen molar-refractivity contribution >= 4 is 49.9 Å². The van der Waals surface area contributed by atoms with Gasteiger partial charge < -0.3 is 15.0 Å². The quantitative estimate of drug-likeness (QED) is 0.558. The molecule has 8 heteroatoms. The summed E-state index contributed by atoms with van der Waals surface area (Å²) in [6, 6.07) is 13.5. The lowest BCUT2D eigenvalue weighted by atomic mass is 10.1. The van der Waals surface area contributed by atoms with E-state index in [4.69, 9.17) is 4.74 Å². The number of halogens is 1. The van der Waals surface area contributed by atoms with Gasteiger partial charge in [-0.05, 0) is 36.8 Å². The molecule has 0 saturated carbocycles. The van der Waals surface area contributed by atoms with Gasteiger partial charge in [-0.2, -0.15) is 0 Å². The highest BCUT2D eigenvalue weighted by molar-refractivity contribution is 9.10. The number of thiazole rings is 1. The highest BCUT2D eigenvalue weighted by atomic mass is 79.9. The number of benzene rings is 2. The molecule has 0 aliphatic carbocycles. The van der Waals surface area contributed by atoms with Crippen LogP contribution in [0.5, 0.6) is 5.75 Å². The number of carbonyl (C=O) groups is 2. The molecule has 1 atom stereocenters. The minimum absolute atomic E-state index is 0.0891. The number of nitrogens with zero attached hydrogens (tertiary/aromatic N) is 2. The van der Waals surface area contributed by atoms with Gasteiger partial charge in [-0.25, -0.2) is 4.98 Å². The topological polar surface area (TPSA) is 71.5 Å². The third-order valence-corrected chi connectivity index (χ3v) is 6.28. The smallest absolute Gasteiger partial charge is 0.231 e. The molecule has 1 saturated heterocycles. The van der Waals surface area contributed by atoms with E-state index in [0.717, 1.165) is 21.3 Å². The number of carbonyl (C=O) groups excluding carboxylic acids is 2. The molecule has 0 bridgehead atoms. The van der Waals surface area contributed by atoms with Crippen molar-refractivity contribution in [2.24, 2.45) is 5.92 Å². The molecule has 0 radical (unpaired) electrons. The minimum Gasteiger partial charge on any atom is -0.495 e. The zero-order valence-electron chi connectivity index (χ0n) is 16.5. The van der Waals surface area contributed by atoms with Crippen molar-refractivity contribution in [2.45, 2.75) is 13.3 Å². The number of methoxy groups -OCH3 is 1. The molecule has 2 amide bonds. The largest absolute Gasteiger partial charge is 0.495 e. The summed E-state index contributed by atoms with van der Waals surface area (Å²) >= 11 is 4.79. The second kappa shape index (κ2) is 8.57. The molecule has 1 unspecified atom stereocenters. The number of hydrogen-bond donors (Lipinski definition) is 1. The summed E-state index contributed by atoms with van der Waals surface area (Å²) in [4.78, 5) is 31.5. The fourth-order valence-corrected chi connectivity index (χ4v) is 4.41. The van der Waals surface area contributed by atoms with Gasteiger partial charge in [-0.1, -0.05) is 34.1 Å². The Labute approximate surface area is 187 Å². The van der Waals surface area contributed by atoms with E-state index >= 15 is 0 Å². The first-order valence-corrected chi connectivity index (χ1v) is 11.1. The highest BCUT2D eigenvalue weighted by Crippen LogP contribution is 2.34. The second-order valence-corrected chi connectivity index (χ2v) is 8.89. The molecule has 2 aromatic carbocycles. The molecule has 154 valence electrons. The van der Waals surface area contributed by atoms with Crippen molar-refractivity contribution in [3.8, 4) is 17.0 Å². The first kappa shape index (κ1) is 20.6. The van der Waals surface area contributed by atoms with Gasteiger partial charge >= 0.3 is 0 Å². The summed E-state index contributed by atoms with van der Waals surface area (Å²) in [6.07, 6.45) is 0.161. The van der Waals surface area contributed by atoms with Crippen molar-refractivity contribution in [2.75, 3.05) is 23.9 Å². The van der Waals surface area contributed by atoms with Crippen LogP contribution in [-0.2, 0) is 9.59 Å². The maximum absolute atomic E-state index is 12.8. The number of nitrogens with one attached hydrogen (secondary N) is 1. The van der Waals surface area contributed by atoms with Crippen LogP contribution in [0.1, 0.15) is 12.0 Å². The summed E-state index contributed by atoms with van der Waals surface area (Å²) < 4.78 is 6.39. The average Bonchev–Trinajstić information content (AvgIpc) is 3.35. The van der Waals surface area contributed by atoms with Gasteiger partial charge in [-0.15, -0.1) is 11.3 Å². The fraction of sp³-hybridized carbons (Fsp3) is 0.227. The van der Waals surface area contributed by atoms with E-state index in [9.17, 15) is 9.59 Å². The normalized spacial score (nSPS) is 16.0. The molecule has 30 heavy (non-hydrogen) atoms.